The number of rotatable bonds is 7. The van der Waals surface area contributed by atoms with E-state index in [1.54, 1.807) is 24.3 Å². The second-order valence-corrected chi connectivity index (χ2v) is 6.61. The van der Waals surface area contributed by atoms with Gasteiger partial charge in [0.1, 0.15) is 0 Å². The second kappa shape index (κ2) is 8.50. The molecule has 27 heavy (non-hydrogen) atoms. The van der Waals surface area contributed by atoms with Gasteiger partial charge in [-0.3, -0.25) is 9.59 Å². The SMILES string of the molecule is CCn1c(SCC(=O)Nc2ccccc2C(N)=O)nnc1-c1ccccc1. The number of hydrogen-bond donors (Lipinski definition) is 2. The maximum absolute atomic E-state index is 12.3. The van der Waals surface area contributed by atoms with Crippen molar-refractivity contribution in [3.63, 3.8) is 0 Å². The van der Waals surface area contributed by atoms with E-state index < -0.39 is 5.91 Å². The first kappa shape index (κ1) is 18.7. The van der Waals surface area contributed by atoms with Crippen molar-refractivity contribution in [2.45, 2.75) is 18.6 Å². The third-order valence-electron chi connectivity index (χ3n) is 3.86. The van der Waals surface area contributed by atoms with Gasteiger partial charge >= 0.3 is 0 Å². The monoisotopic (exact) mass is 381 g/mol. The third-order valence-corrected chi connectivity index (χ3v) is 4.83. The number of aromatic nitrogens is 3. The number of carbonyl (C=O) groups excluding carboxylic acids is 2. The summed E-state index contributed by atoms with van der Waals surface area (Å²) in [6.45, 7) is 2.69. The second-order valence-electron chi connectivity index (χ2n) is 5.66. The highest BCUT2D eigenvalue weighted by atomic mass is 32.2. The summed E-state index contributed by atoms with van der Waals surface area (Å²) in [5, 5.41) is 11.8. The standard InChI is InChI=1S/C19H19N5O2S/c1-2-24-18(13-8-4-3-5-9-13)22-23-19(24)27-12-16(25)21-15-11-7-6-10-14(15)17(20)26/h3-11H,2,12H2,1H3,(H2,20,26)(H,21,25). The predicted octanol–water partition coefficient (Wildman–Crippen LogP) is 2.79. The number of anilines is 1. The van der Waals surface area contributed by atoms with Crippen LogP contribution in [-0.4, -0.2) is 32.3 Å². The number of primary amides is 1. The molecule has 0 aliphatic heterocycles. The first-order valence-corrected chi connectivity index (χ1v) is 9.38. The van der Waals surface area contributed by atoms with Crippen molar-refractivity contribution in [1.29, 1.82) is 0 Å². The van der Waals surface area contributed by atoms with Crippen molar-refractivity contribution >= 4 is 29.3 Å². The third kappa shape index (κ3) is 4.35. The zero-order chi connectivity index (χ0) is 19.2. The van der Waals surface area contributed by atoms with E-state index in [0.29, 0.717) is 17.4 Å². The van der Waals surface area contributed by atoms with E-state index in [2.05, 4.69) is 15.5 Å². The van der Waals surface area contributed by atoms with E-state index in [1.807, 2.05) is 41.8 Å². The average Bonchev–Trinajstić information content (AvgIpc) is 3.10. The number of amides is 2. The Morgan fingerprint density at radius 2 is 1.78 bits per heavy atom. The van der Waals surface area contributed by atoms with Gasteiger partial charge in [-0.15, -0.1) is 10.2 Å². The molecule has 0 fully saturated rings. The van der Waals surface area contributed by atoms with E-state index in [4.69, 9.17) is 5.73 Å². The van der Waals surface area contributed by atoms with Crippen molar-refractivity contribution in [2.75, 3.05) is 11.1 Å². The molecular formula is C19H19N5O2S. The molecule has 1 heterocycles. The van der Waals surface area contributed by atoms with Gasteiger partial charge in [0.25, 0.3) is 5.91 Å². The first-order valence-electron chi connectivity index (χ1n) is 8.40. The number of benzene rings is 2. The minimum absolute atomic E-state index is 0.139. The van der Waals surface area contributed by atoms with Gasteiger partial charge in [-0.05, 0) is 19.1 Å². The predicted molar refractivity (Wildman–Crippen MR) is 105 cm³/mol. The lowest BCUT2D eigenvalue weighted by Crippen LogP contribution is -2.19. The fourth-order valence-electron chi connectivity index (χ4n) is 2.60. The van der Waals surface area contributed by atoms with E-state index in [-0.39, 0.29) is 17.2 Å². The lowest BCUT2D eigenvalue weighted by molar-refractivity contribution is -0.113. The summed E-state index contributed by atoms with van der Waals surface area (Å²) in [6, 6.07) is 16.4. The van der Waals surface area contributed by atoms with Gasteiger partial charge in [-0.1, -0.05) is 54.2 Å². The molecule has 0 bridgehead atoms. The molecule has 3 rings (SSSR count). The topological polar surface area (TPSA) is 103 Å². The van der Waals surface area contributed by atoms with Crippen LogP contribution in [0, 0.1) is 0 Å². The normalized spacial score (nSPS) is 10.6. The Balaban J connectivity index is 1.70. The van der Waals surface area contributed by atoms with Gasteiger partial charge in [0.15, 0.2) is 11.0 Å². The van der Waals surface area contributed by atoms with Crippen LogP contribution in [0.1, 0.15) is 17.3 Å². The molecule has 0 saturated carbocycles. The quantitative estimate of drug-likeness (QED) is 0.613. The van der Waals surface area contributed by atoms with Crippen LogP contribution in [0.2, 0.25) is 0 Å². The van der Waals surface area contributed by atoms with E-state index in [9.17, 15) is 9.59 Å². The summed E-state index contributed by atoms with van der Waals surface area (Å²) in [6.07, 6.45) is 0. The average molecular weight is 381 g/mol. The molecule has 3 N–H and O–H groups in total. The van der Waals surface area contributed by atoms with E-state index in [1.165, 1.54) is 11.8 Å². The van der Waals surface area contributed by atoms with Gasteiger partial charge in [-0.25, -0.2) is 0 Å². The Labute approximate surface area is 161 Å². The molecule has 7 nitrogen and oxygen atoms in total. The van der Waals surface area contributed by atoms with Crippen LogP contribution in [-0.2, 0) is 11.3 Å². The zero-order valence-electron chi connectivity index (χ0n) is 14.8. The fraction of sp³-hybridized carbons (Fsp3) is 0.158. The van der Waals surface area contributed by atoms with Gasteiger partial charge in [0, 0.05) is 12.1 Å². The van der Waals surface area contributed by atoms with Crippen molar-refractivity contribution in [3.05, 3.63) is 60.2 Å². The minimum atomic E-state index is -0.586. The van der Waals surface area contributed by atoms with Crippen molar-refractivity contribution in [3.8, 4) is 11.4 Å². The molecule has 2 aromatic carbocycles. The summed E-state index contributed by atoms with van der Waals surface area (Å²) in [5.74, 6) is 0.0671. The molecule has 0 aliphatic carbocycles. The Morgan fingerprint density at radius 3 is 2.48 bits per heavy atom. The molecule has 0 saturated heterocycles. The summed E-state index contributed by atoms with van der Waals surface area (Å²) in [5.41, 5.74) is 6.98. The molecule has 0 aliphatic rings. The van der Waals surface area contributed by atoms with Crippen LogP contribution in [0.25, 0.3) is 11.4 Å². The van der Waals surface area contributed by atoms with Crippen LogP contribution in [0.15, 0.2) is 59.8 Å². The highest BCUT2D eigenvalue weighted by Crippen LogP contribution is 2.24. The summed E-state index contributed by atoms with van der Waals surface area (Å²) in [7, 11) is 0. The lowest BCUT2D eigenvalue weighted by atomic mass is 10.1. The number of nitrogens with zero attached hydrogens (tertiary/aromatic N) is 3. The fourth-order valence-corrected chi connectivity index (χ4v) is 3.41. The number of nitrogens with one attached hydrogen (secondary N) is 1. The van der Waals surface area contributed by atoms with Crippen LogP contribution >= 0.6 is 11.8 Å². The largest absolute Gasteiger partial charge is 0.366 e. The minimum Gasteiger partial charge on any atom is -0.366 e. The van der Waals surface area contributed by atoms with Gasteiger partial charge in [0.2, 0.25) is 5.91 Å². The summed E-state index contributed by atoms with van der Waals surface area (Å²) < 4.78 is 1.96. The Hall–Kier alpha value is -3.13. The number of thioether (sulfide) groups is 1. The Kier molecular flexibility index (Phi) is 5.87. The van der Waals surface area contributed by atoms with Gasteiger partial charge in [-0.2, -0.15) is 0 Å². The van der Waals surface area contributed by atoms with Gasteiger partial charge < -0.3 is 15.6 Å². The highest BCUT2D eigenvalue weighted by Gasteiger charge is 2.15. The molecule has 3 aromatic rings. The highest BCUT2D eigenvalue weighted by molar-refractivity contribution is 7.99. The number of carbonyl (C=O) groups is 2. The molecule has 8 heteroatoms. The van der Waals surface area contributed by atoms with E-state index >= 15 is 0 Å². The smallest absolute Gasteiger partial charge is 0.250 e. The van der Waals surface area contributed by atoms with E-state index in [0.717, 1.165) is 11.4 Å². The molecule has 138 valence electrons. The van der Waals surface area contributed by atoms with Gasteiger partial charge in [0.05, 0.1) is 17.0 Å². The Morgan fingerprint density at radius 1 is 1.07 bits per heavy atom. The molecule has 1 aromatic heterocycles. The maximum Gasteiger partial charge on any atom is 0.250 e. The molecule has 2 amide bonds. The lowest BCUT2D eigenvalue weighted by Gasteiger charge is -2.09. The molecule has 0 radical (unpaired) electrons. The van der Waals surface area contributed by atoms with Crippen LogP contribution in [0.3, 0.4) is 0 Å². The zero-order valence-corrected chi connectivity index (χ0v) is 15.6. The molecule has 0 unspecified atom stereocenters. The van der Waals surface area contributed by atoms with Crippen molar-refractivity contribution in [1.82, 2.24) is 14.8 Å². The summed E-state index contributed by atoms with van der Waals surface area (Å²) >= 11 is 1.29. The maximum atomic E-state index is 12.3. The number of para-hydroxylation sites is 1. The first-order chi connectivity index (χ1) is 13.1. The molecule has 0 atom stereocenters. The van der Waals surface area contributed by atoms with Crippen molar-refractivity contribution < 1.29 is 9.59 Å². The van der Waals surface area contributed by atoms with Crippen LogP contribution in [0.4, 0.5) is 5.69 Å². The number of hydrogen-bond acceptors (Lipinski definition) is 5. The molecular weight excluding hydrogens is 362 g/mol. The Bertz CT molecular complexity index is 956. The van der Waals surface area contributed by atoms with Crippen LogP contribution < -0.4 is 11.1 Å². The van der Waals surface area contributed by atoms with Crippen LogP contribution in [0.5, 0.6) is 0 Å². The van der Waals surface area contributed by atoms with Crippen molar-refractivity contribution in [2.24, 2.45) is 5.73 Å². The summed E-state index contributed by atoms with van der Waals surface area (Å²) in [4.78, 5) is 23.7. The molecule has 0 spiro atoms. The number of nitrogens with two attached hydrogens (primary N) is 1.